The number of esters is 2. The maximum atomic E-state index is 12.0. The molecule has 0 radical (unpaired) electrons. The lowest BCUT2D eigenvalue weighted by Gasteiger charge is -2.26. The molecule has 0 aromatic heterocycles. The molecular formula is C18H22O8. The Balaban J connectivity index is 2.67. The highest BCUT2D eigenvalue weighted by Gasteiger charge is 2.32. The summed E-state index contributed by atoms with van der Waals surface area (Å²) >= 11 is 0. The molecule has 0 aliphatic carbocycles. The quantitative estimate of drug-likeness (QED) is 0.530. The van der Waals surface area contributed by atoms with Gasteiger partial charge >= 0.3 is 23.9 Å². The standard InChI is InChI=1S/C18H22O8/c1-10(2)18(3,4)17(24)26-8-7-25-16(23)11-5-6-12(14(19)20)13(9-11)15(21)22/h5-6,9-10H,7-8H2,1-4H3,(H,19,20)(H,21,22). The molecule has 2 N–H and O–H groups in total. The van der Waals surface area contributed by atoms with Crippen molar-refractivity contribution >= 4 is 23.9 Å². The molecule has 0 fully saturated rings. The zero-order chi connectivity index (χ0) is 20.1. The van der Waals surface area contributed by atoms with Gasteiger partial charge in [0.15, 0.2) is 0 Å². The lowest BCUT2D eigenvalue weighted by Crippen LogP contribution is -2.32. The minimum Gasteiger partial charge on any atom is -0.478 e. The van der Waals surface area contributed by atoms with Crippen LogP contribution in [-0.2, 0) is 14.3 Å². The second-order valence-electron chi connectivity index (χ2n) is 6.52. The number of carbonyl (C=O) groups excluding carboxylic acids is 2. The Morgan fingerprint density at radius 1 is 0.962 bits per heavy atom. The van der Waals surface area contributed by atoms with Gasteiger partial charge in [-0.1, -0.05) is 13.8 Å². The van der Waals surface area contributed by atoms with Crippen molar-refractivity contribution in [2.45, 2.75) is 27.7 Å². The summed E-state index contributed by atoms with van der Waals surface area (Å²) in [5.41, 5.74) is -1.73. The van der Waals surface area contributed by atoms with Crippen LogP contribution in [0.4, 0.5) is 0 Å². The van der Waals surface area contributed by atoms with Gasteiger partial charge in [0, 0.05) is 0 Å². The van der Waals surface area contributed by atoms with Gasteiger partial charge in [-0.05, 0) is 38.0 Å². The molecule has 0 aliphatic heterocycles. The monoisotopic (exact) mass is 366 g/mol. The minimum atomic E-state index is -1.47. The van der Waals surface area contributed by atoms with Crippen LogP contribution in [0.15, 0.2) is 18.2 Å². The third-order valence-electron chi connectivity index (χ3n) is 4.24. The number of benzene rings is 1. The Morgan fingerprint density at radius 3 is 2.00 bits per heavy atom. The van der Waals surface area contributed by atoms with Crippen LogP contribution in [0, 0.1) is 11.3 Å². The van der Waals surface area contributed by atoms with Gasteiger partial charge in [-0.15, -0.1) is 0 Å². The zero-order valence-electron chi connectivity index (χ0n) is 15.1. The Morgan fingerprint density at radius 2 is 1.50 bits per heavy atom. The maximum absolute atomic E-state index is 12.0. The van der Waals surface area contributed by atoms with Gasteiger partial charge in [0.1, 0.15) is 13.2 Å². The van der Waals surface area contributed by atoms with E-state index in [1.807, 2.05) is 13.8 Å². The van der Waals surface area contributed by atoms with Crippen LogP contribution in [0.25, 0.3) is 0 Å². The van der Waals surface area contributed by atoms with Crippen LogP contribution < -0.4 is 0 Å². The van der Waals surface area contributed by atoms with E-state index in [4.69, 9.17) is 19.7 Å². The Kier molecular flexibility index (Phi) is 6.88. The van der Waals surface area contributed by atoms with Crippen molar-refractivity contribution in [2.24, 2.45) is 11.3 Å². The molecule has 0 saturated carbocycles. The molecule has 8 heteroatoms. The average molecular weight is 366 g/mol. The van der Waals surface area contributed by atoms with Crippen LogP contribution in [0.2, 0.25) is 0 Å². The third-order valence-corrected chi connectivity index (χ3v) is 4.24. The number of rotatable bonds is 8. The van der Waals surface area contributed by atoms with Crippen LogP contribution in [0.3, 0.4) is 0 Å². The van der Waals surface area contributed by atoms with Gasteiger partial charge in [-0.3, -0.25) is 4.79 Å². The lowest BCUT2D eigenvalue weighted by molar-refractivity contribution is -0.157. The fourth-order valence-corrected chi connectivity index (χ4v) is 1.81. The molecule has 0 heterocycles. The van der Waals surface area contributed by atoms with E-state index in [1.54, 1.807) is 13.8 Å². The highest BCUT2D eigenvalue weighted by molar-refractivity contribution is 6.03. The summed E-state index contributed by atoms with van der Waals surface area (Å²) in [6.07, 6.45) is 0. The summed E-state index contributed by atoms with van der Waals surface area (Å²) in [4.78, 5) is 46.0. The Labute approximate surface area is 150 Å². The number of hydrogen-bond acceptors (Lipinski definition) is 6. The molecule has 1 aromatic rings. The molecule has 1 rings (SSSR count). The summed E-state index contributed by atoms with van der Waals surface area (Å²) in [5, 5.41) is 18.0. The van der Waals surface area contributed by atoms with Crippen molar-refractivity contribution in [3.63, 3.8) is 0 Å². The van der Waals surface area contributed by atoms with Crippen molar-refractivity contribution < 1.29 is 38.9 Å². The summed E-state index contributed by atoms with van der Waals surface area (Å²) < 4.78 is 10.0. The predicted octanol–water partition coefficient (Wildman–Crippen LogP) is 2.47. The highest BCUT2D eigenvalue weighted by atomic mass is 16.6. The van der Waals surface area contributed by atoms with Crippen LogP contribution in [0.5, 0.6) is 0 Å². The Bertz CT molecular complexity index is 718. The predicted molar refractivity (Wildman–Crippen MR) is 90.2 cm³/mol. The summed E-state index contributed by atoms with van der Waals surface area (Å²) in [6.45, 7) is 6.94. The van der Waals surface area contributed by atoms with Gasteiger partial charge in [0.25, 0.3) is 0 Å². The third kappa shape index (κ3) is 5.05. The van der Waals surface area contributed by atoms with E-state index in [0.717, 1.165) is 18.2 Å². The number of ether oxygens (including phenoxy) is 2. The summed E-state index contributed by atoms with van der Waals surface area (Å²) in [6, 6.07) is 3.11. The maximum Gasteiger partial charge on any atom is 0.338 e. The first kappa shape index (κ1) is 21.1. The van der Waals surface area contributed by atoms with Gasteiger partial charge in [-0.25, -0.2) is 14.4 Å². The fraction of sp³-hybridized carbons (Fsp3) is 0.444. The van der Waals surface area contributed by atoms with E-state index in [0.29, 0.717) is 0 Å². The van der Waals surface area contributed by atoms with Crippen molar-refractivity contribution in [2.75, 3.05) is 13.2 Å². The minimum absolute atomic E-state index is 0.0692. The van der Waals surface area contributed by atoms with Crippen LogP contribution >= 0.6 is 0 Å². The fourth-order valence-electron chi connectivity index (χ4n) is 1.81. The summed E-state index contributed by atoms with van der Waals surface area (Å²) in [5.74, 6) is -4.07. The molecule has 8 nitrogen and oxygen atoms in total. The first-order valence-corrected chi connectivity index (χ1v) is 7.93. The van der Waals surface area contributed by atoms with Gasteiger partial charge in [0.2, 0.25) is 0 Å². The van der Waals surface area contributed by atoms with Gasteiger partial charge in [-0.2, -0.15) is 0 Å². The molecule has 142 valence electrons. The Hall–Kier alpha value is -2.90. The summed E-state index contributed by atoms with van der Waals surface area (Å²) in [7, 11) is 0. The number of aromatic carboxylic acids is 2. The zero-order valence-corrected chi connectivity index (χ0v) is 15.1. The van der Waals surface area contributed by atoms with E-state index in [9.17, 15) is 19.2 Å². The molecule has 0 unspecified atom stereocenters. The number of carboxylic acid groups (broad SMARTS) is 2. The molecule has 0 amide bonds. The highest BCUT2D eigenvalue weighted by Crippen LogP contribution is 2.27. The van der Waals surface area contributed by atoms with Crippen molar-refractivity contribution in [3.8, 4) is 0 Å². The van der Waals surface area contributed by atoms with Crippen molar-refractivity contribution in [3.05, 3.63) is 34.9 Å². The first-order chi connectivity index (χ1) is 12.0. The van der Waals surface area contributed by atoms with E-state index >= 15 is 0 Å². The second kappa shape index (κ2) is 8.46. The van der Waals surface area contributed by atoms with E-state index in [1.165, 1.54) is 0 Å². The molecule has 0 atom stereocenters. The van der Waals surface area contributed by atoms with Crippen molar-refractivity contribution in [1.82, 2.24) is 0 Å². The molecule has 26 heavy (non-hydrogen) atoms. The van der Waals surface area contributed by atoms with E-state index < -0.39 is 40.4 Å². The molecular weight excluding hydrogens is 344 g/mol. The van der Waals surface area contributed by atoms with Crippen molar-refractivity contribution in [1.29, 1.82) is 0 Å². The molecule has 0 saturated heterocycles. The molecule has 0 bridgehead atoms. The smallest absolute Gasteiger partial charge is 0.338 e. The van der Waals surface area contributed by atoms with Gasteiger partial charge in [0.05, 0.1) is 22.1 Å². The number of carbonyl (C=O) groups is 4. The van der Waals surface area contributed by atoms with Gasteiger partial charge < -0.3 is 19.7 Å². The molecule has 0 aliphatic rings. The first-order valence-electron chi connectivity index (χ1n) is 7.93. The largest absolute Gasteiger partial charge is 0.478 e. The van der Waals surface area contributed by atoms with Crippen LogP contribution in [0.1, 0.15) is 58.8 Å². The van der Waals surface area contributed by atoms with Crippen LogP contribution in [-0.4, -0.2) is 47.3 Å². The average Bonchev–Trinajstić information content (AvgIpc) is 2.57. The number of hydrogen-bond donors (Lipinski definition) is 2. The SMILES string of the molecule is CC(C)C(C)(C)C(=O)OCCOC(=O)c1ccc(C(=O)O)c(C(=O)O)c1. The van der Waals surface area contributed by atoms with E-state index in [-0.39, 0.29) is 24.7 Å². The second-order valence-corrected chi connectivity index (χ2v) is 6.52. The topological polar surface area (TPSA) is 127 Å². The normalized spacial score (nSPS) is 11.1. The molecule has 1 aromatic carbocycles. The number of carboxylic acids is 2. The lowest BCUT2D eigenvalue weighted by atomic mass is 9.81. The molecule has 0 spiro atoms. The van der Waals surface area contributed by atoms with E-state index in [2.05, 4.69) is 0 Å².